The van der Waals surface area contributed by atoms with E-state index >= 15 is 0 Å². The molecule has 0 aromatic carbocycles. The molecule has 0 aromatic heterocycles. The first-order chi connectivity index (χ1) is 17.4. The van der Waals surface area contributed by atoms with E-state index in [1.807, 2.05) is 0 Å². The lowest BCUT2D eigenvalue weighted by Gasteiger charge is -2.44. The van der Waals surface area contributed by atoms with Crippen LogP contribution in [0, 0.1) is 0 Å². The van der Waals surface area contributed by atoms with Crippen molar-refractivity contribution in [3.63, 3.8) is 0 Å². The Balaban J connectivity index is 1.63. The summed E-state index contributed by atoms with van der Waals surface area (Å²) in [5, 5.41) is 102. The van der Waals surface area contributed by atoms with Crippen LogP contribution in [0.4, 0.5) is 0 Å². The number of ether oxygens (including phenoxy) is 5. The number of carbonyl (C=O) groups excluding carboxylic acids is 1. The second-order valence-electron chi connectivity index (χ2n) is 9.15. The molecule has 15 atom stereocenters. The molecule has 37 heavy (non-hydrogen) atoms. The van der Waals surface area contributed by atoms with Crippen LogP contribution in [0.2, 0.25) is 0 Å². The maximum absolute atomic E-state index is 11.5. The standard InChI is InChI=1S/C20H35NO16/c1-5(23)21-9-13(27)10(24)6(2-22)36-19(9)33-4-8-12(26)15(29)17(31)20(37-8)34-3-7-11(25)14(28)16(30)18(32)35-7/h6-20,22,24-32H,2-4H2,1H3,(H,21,23)/t6-,7-,8-,9-,10-,11-,12-,13-,14+,15+,16+,17+,18-,19-,20+/m1/s1. The van der Waals surface area contributed by atoms with Crippen LogP contribution in [0.15, 0.2) is 0 Å². The number of aliphatic hydroxyl groups excluding tert-OH is 10. The van der Waals surface area contributed by atoms with Crippen LogP contribution in [0.3, 0.4) is 0 Å². The van der Waals surface area contributed by atoms with Crippen molar-refractivity contribution in [2.45, 2.75) is 99.0 Å². The Bertz CT molecular complexity index is 747. The summed E-state index contributed by atoms with van der Waals surface area (Å²) in [5.74, 6) is -0.591. The smallest absolute Gasteiger partial charge is 0.217 e. The SMILES string of the molecule is CC(=O)N[C@H]1[C@H](OC[C@H]2O[C@H](OC[C@H]3O[C@@H](O)[C@@H](O)[C@@H](O)[C@@H]3O)[C@@H](O)[C@@H](O)[C@@H]2O)O[C@H](CO)[C@@H](O)[C@@H]1O. The summed E-state index contributed by atoms with van der Waals surface area (Å²) in [7, 11) is 0. The van der Waals surface area contributed by atoms with Crippen LogP contribution in [0.1, 0.15) is 6.92 Å². The molecule has 17 heteroatoms. The van der Waals surface area contributed by atoms with Gasteiger partial charge in [-0.1, -0.05) is 0 Å². The molecule has 0 aromatic rings. The molecule has 11 N–H and O–H groups in total. The van der Waals surface area contributed by atoms with Crippen molar-refractivity contribution < 1.29 is 79.5 Å². The first-order valence-corrected chi connectivity index (χ1v) is 11.6. The van der Waals surface area contributed by atoms with Crippen molar-refractivity contribution in [2.24, 2.45) is 0 Å². The zero-order valence-electron chi connectivity index (χ0n) is 19.7. The van der Waals surface area contributed by atoms with Gasteiger partial charge in [0.15, 0.2) is 18.9 Å². The van der Waals surface area contributed by atoms with Gasteiger partial charge in [0, 0.05) is 6.92 Å². The van der Waals surface area contributed by atoms with Gasteiger partial charge in [0.1, 0.15) is 73.2 Å². The normalized spacial score (nSPS) is 49.0. The number of nitrogens with one attached hydrogen (secondary N) is 1. The number of amides is 1. The van der Waals surface area contributed by atoms with Crippen LogP contribution in [-0.4, -0.2) is 169 Å². The van der Waals surface area contributed by atoms with E-state index in [4.69, 9.17) is 23.7 Å². The molecule has 0 aliphatic carbocycles. The molecule has 0 unspecified atom stereocenters. The van der Waals surface area contributed by atoms with Crippen molar-refractivity contribution in [1.82, 2.24) is 5.32 Å². The van der Waals surface area contributed by atoms with Gasteiger partial charge in [-0.15, -0.1) is 0 Å². The van der Waals surface area contributed by atoms with Gasteiger partial charge in [-0.25, -0.2) is 0 Å². The van der Waals surface area contributed by atoms with E-state index in [1.165, 1.54) is 0 Å². The fraction of sp³-hybridized carbons (Fsp3) is 0.950. The van der Waals surface area contributed by atoms with Crippen molar-refractivity contribution in [3.8, 4) is 0 Å². The molecule has 3 aliphatic rings. The van der Waals surface area contributed by atoms with Crippen molar-refractivity contribution in [1.29, 1.82) is 0 Å². The number of carbonyl (C=O) groups is 1. The Morgan fingerprint density at radius 3 is 1.70 bits per heavy atom. The third kappa shape index (κ3) is 6.72. The van der Waals surface area contributed by atoms with Gasteiger partial charge in [-0.3, -0.25) is 4.79 Å². The molecule has 0 bridgehead atoms. The zero-order chi connectivity index (χ0) is 27.6. The molecular formula is C20H35NO16. The van der Waals surface area contributed by atoms with Gasteiger partial charge in [0.05, 0.1) is 19.8 Å². The molecule has 3 aliphatic heterocycles. The summed E-state index contributed by atoms with van der Waals surface area (Å²) in [4.78, 5) is 11.5. The summed E-state index contributed by atoms with van der Waals surface area (Å²) in [5.41, 5.74) is 0. The summed E-state index contributed by atoms with van der Waals surface area (Å²) in [6.07, 6.45) is -22.5. The molecule has 1 amide bonds. The topological polar surface area (TPSA) is 278 Å². The maximum atomic E-state index is 11.5. The Morgan fingerprint density at radius 2 is 1.14 bits per heavy atom. The van der Waals surface area contributed by atoms with Crippen LogP contribution in [-0.2, 0) is 28.5 Å². The van der Waals surface area contributed by atoms with Crippen LogP contribution >= 0.6 is 0 Å². The lowest BCUT2D eigenvalue weighted by Crippen LogP contribution is -2.65. The highest BCUT2D eigenvalue weighted by Gasteiger charge is 2.49. The average Bonchev–Trinajstić information content (AvgIpc) is 2.86. The van der Waals surface area contributed by atoms with Crippen LogP contribution < -0.4 is 5.32 Å². The van der Waals surface area contributed by atoms with Crippen molar-refractivity contribution >= 4 is 5.91 Å². The highest BCUT2D eigenvalue weighted by atomic mass is 16.7. The average molecular weight is 545 g/mol. The quantitative estimate of drug-likeness (QED) is 0.135. The van der Waals surface area contributed by atoms with Crippen LogP contribution in [0.25, 0.3) is 0 Å². The minimum atomic E-state index is -1.83. The molecule has 0 spiro atoms. The van der Waals surface area contributed by atoms with Crippen molar-refractivity contribution in [3.05, 3.63) is 0 Å². The second kappa shape index (κ2) is 12.8. The molecule has 3 heterocycles. The number of aliphatic hydroxyl groups is 10. The predicted octanol–water partition coefficient (Wildman–Crippen LogP) is -7.43. The largest absolute Gasteiger partial charge is 0.394 e. The maximum Gasteiger partial charge on any atom is 0.217 e. The Hall–Kier alpha value is -1.13. The summed E-state index contributed by atoms with van der Waals surface area (Å²) in [6, 6.07) is -1.28. The predicted molar refractivity (Wildman–Crippen MR) is 113 cm³/mol. The van der Waals surface area contributed by atoms with E-state index < -0.39 is 118 Å². The van der Waals surface area contributed by atoms with Gasteiger partial charge in [0.2, 0.25) is 5.91 Å². The first kappa shape index (κ1) is 30.4. The van der Waals surface area contributed by atoms with Crippen LogP contribution in [0.5, 0.6) is 0 Å². The van der Waals surface area contributed by atoms with Gasteiger partial charge in [-0.2, -0.15) is 0 Å². The lowest BCUT2D eigenvalue weighted by atomic mass is 9.96. The molecule has 3 rings (SSSR count). The zero-order valence-corrected chi connectivity index (χ0v) is 19.7. The number of hydrogen-bond donors (Lipinski definition) is 11. The molecule has 216 valence electrons. The third-order valence-electron chi connectivity index (χ3n) is 6.46. The number of hydrogen-bond acceptors (Lipinski definition) is 16. The molecule has 3 saturated heterocycles. The molecule has 0 saturated carbocycles. The Kier molecular flexibility index (Phi) is 10.5. The van der Waals surface area contributed by atoms with Gasteiger partial charge in [-0.05, 0) is 0 Å². The number of rotatable bonds is 8. The second-order valence-corrected chi connectivity index (χ2v) is 9.15. The highest BCUT2D eigenvalue weighted by molar-refractivity contribution is 5.73. The van der Waals surface area contributed by atoms with Gasteiger partial charge >= 0.3 is 0 Å². The molecule has 3 fully saturated rings. The van der Waals surface area contributed by atoms with E-state index in [-0.39, 0.29) is 0 Å². The first-order valence-electron chi connectivity index (χ1n) is 11.6. The van der Waals surface area contributed by atoms with Gasteiger partial charge < -0.3 is 80.1 Å². The molecular weight excluding hydrogens is 510 g/mol. The van der Waals surface area contributed by atoms with Gasteiger partial charge in [0.25, 0.3) is 0 Å². The van der Waals surface area contributed by atoms with E-state index in [0.717, 1.165) is 6.92 Å². The third-order valence-corrected chi connectivity index (χ3v) is 6.46. The Labute approximate surface area is 210 Å². The highest BCUT2D eigenvalue weighted by Crippen LogP contribution is 2.27. The van der Waals surface area contributed by atoms with E-state index in [9.17, 15) is 55.9 Å². The Morgan fingerprint density at radius 1 is 0.649 bits per heavy atom. The van der Waals surface area contributed by atoms with E-state index in [0.29, 0.717) is 0 Å². The fourth-order valence-electron chi connectivity index (χ4n) is 4.25. The summed E-state index contributed by atoms with van der Waals surface area (Å²) in [6.45, 7) is -0.686. The van der Waals surface area contributed by atoms with E-state index in [2.05, 4.69) is 5.32 Å². The molecule has 0 radical (unpaired) electrons. The minimum absolute atomic E-state index is 0.557. The fourth-order valence-corrected chi connectivity index (χ4v) is 4.25. The summed E-state index contributed by atoms with van der Waals surface area (Å²) >= 11 is 0. The summed E-state index contributed by atoms with van der Waals surface area (Å²) < 4.78 is 26.7. The van der Waals surface area contributed by atoms with Crippen molar-refractivity contribution in [2.75, 3.05) is 19.8 Å². The molecule has 17 nitrogen and oxygen atoms in total. The lowest BCUT2D eigenvalue weighted by molar-refractivity contribution is -0.334. The van der Waals surface area contributed by atoms with E-state index in [1.54, 1.807) is 0 Å². The minimum Gasteiger partial charge on any atom is -0.394 e. The monoisotopic (exact) mass is 545 g/mol.